The van der Waals surface area contributed by atoms with Gasteiger partial charge in [0.1, 0.15) is 22.6 Å². The fraction of sp³-hybridized carbons (Fsp3) is 0.370. The van der Waals surface area contributed by atoms with Crippen molar-refractivity contribution in [2.24, 2.45) is 5.92 Å². The van der Waals surface area contributed by atoms with Gasteiger partial charge in [0.05, 0.1) is 37.0 Å². The third-order valence-corrected chi connectivity index (χ3v) is 7.61. The molecule has 0 saturated carbocycles. The number of para-hydroxylation sites is 1. The number of aliphatic hydroxyl groups is 1. The number of aliphatic hydroxyl groups excluding tert-OH is 1. The number of likely N-dealkylation sites (tertiary alicyclic amines) is 1. The molecule has 0 radical (unpaired) electrons. The average molecular weight is 525 g/mol. The van der Waals surface area contributed by atoms with Crippen LogP contribution in [-0.4, -0.2) is 60.2 Å². The van der Waals surface area contributed by atoms with Gasteiger partial charge in [0.2, 0.25) is 11.8 Å². The highest BCUT2D eigenvalue weighted by atomic mass is 32.1. The van der Waals surface area contributed by atoms with Crippen LogP contribution in [0.1, 0.15) is 29.5 Å². The summed E-state index contributed by atoms with van der Waals surface area (Å²) in [4.78, 5) is 32.2. The summed E-state index contributed by atoms with van der Waals surface area (Å²) >= 11 is 1.38. The van der Waals surface area contributed by atoms with E-state index in [4.69, 9.17) is 9.47 Å². The van der Waals surface area contributed by atoms with Crippen molar-refractivity contribution in [1.29, 1.82) is 0 Å². The standard InChI is InChI=1S/C27H32N4O5S/c1-4-28-15-24(32)29-21(25(33)26-30-20-7-5-6-8-23(20)37-26)13-17-11-12-31(27(17)34)16-18-9-10-19(35-2)14-22(18)36-3/h4-10,14,17,21,25,28,33H,1,11-13,15-16H2,2-3H3,(H,29,32). The lowest BCUT2D eigenvalue weighted by molar-refractivity contribution is -0.132. The highest BCUT2D eigenvalue weighted by Gasteiger charge is 2.37. The van der Waals surface area contributed by atoms with Crippen LogP contribution >= 0.6 is 11.3 Å². The minimum absolute atomic E-state index is 0.0159. The van der Waals surface area contributed by atoms with Gasteiger partial charge in [0, 0.05) is 30.6 Å². The van der Waals surface area contributed by atoms with Crippen molar-refractivity contribution in [3.05, 3.63) is 65.8 Å². The maximum atomic E-state index is 13.4. The lowest BCUT2D eigenvalue weighted by atomic mass is 9.95. The molecule has 3 N–H and O–H groups in total. The predicted molar refractivity (Wildman–Crippen MR) is 142 cm³/mol. The van der Waals surface area contributed by atoms with Gasteiger partial charge in [0.15, 0.2) is 0 Å². The smallest absolute Gasteiger partial charge is 0.239 e. The molecule has 2 aromatic carbocycles. The van der Waals surface area contributed by atoms with Crippen LogP contribution in [-0.2, 0) is 16.1 Å². The fourth-order valence-corrected chi connectivity index (χ4v) is 5.57. The van der Waals surface area contributed by atoms with Crippen LogP contribution in [0.3, 0.4) is 0 Å². The summed E-state index contributed by atoms with van der Waals surface area (Å²) < 4.78 is 11.7. The molecule has 2 heterocycles. The van der Waals surface area contributed by atoms with E-state index in [1.165, 1.54) is 17.5 Å². The number of amides is 2. The molecule has 1 aliphatic heterocycles. The number of ether oxygens (including phenoxy) is 2. The predicted octanol–water partition coefficient (Wildman–Crippen LogP) is 3.00. The summed E-state index contributed by atoms with van der Waals surface area (Å²) in [5.41, 5.74) is 1.67. The second kappa shape index (κ2) is 12.1. The Kier molecular flexibility index (Phi) is 8.62. The van der Waals surface area contributed by atoms with Gasteiger partial charge < -0.3 is 30.1 Å². The van der Waals surface area contributed by atoms with Crippen molar-refractivity contribution in [3.63, 3.8) is 0 Å². The monoisotopic (exact) mass is 524 g/mol. The Labute approximate surface area is 220 Å². The number of carbonyl (C=O) groups excluding carboxylic acids is 2. The molecule has 0 bridgehead atoms. The molecule has 3 atom stereocenters. The Morgan fingerprint density at radius 2 is 2.11 bits per heavy atom. The van der Waals surface area contributed by atoms with Crippen LogP contribution < -0.4 is 20.1 Å². The molecular formula is C27H32N4O5S. The SMILES string of the molecule is C=CNCC(=O)NC(CC1CCN(Cc2ccc(OC)cc2OC)C1=O)C(O)c1nc2ccccc2s1. The molecule has 1 saturated heterocycles. The van der Waals surface area contributed by atoms with Gasteiger partial charge in [-0.05, 0) is 43.3 Å². The zero-order chi connectivity index (χ0) is 26.4. The average Bonchev–Trinajstić information content (AvgIpc) is 3.50. The molecule has 1 aromatic heterocycles. The number of methoxy groups -OCH3 is 2. The first-order valence-corrected chi connectivity index (χ1v) is 12.9. The van der Waals surface area contributed by atoms with E-state index in [9.17, 15) is 14.7 Å². The summed E-state index contributed by atoms with van der Waals surface area (Å²) in [5, 5.41) is 17.4. The highest BCUT2D eigenvalue weighted by Crippen LogP contribution is 2.33. The lowest BCUT2D eigenvalue weighted by Crippen LogP contribution is -2.44. The van der Waals surface area contributed by atoms with Gasteiger partial charge in [-0.3, -0.25) is 9.59 Å². The number of carbonyl (C=O) groups is 2. The molecule has 4 rings (SSSR count). The molecule has 3 unspecified atom stereocenters. The minimum atomic E-state index is -1.05. The van der Waals surface area contributed by atoms with Crippen LogP contribution in [0.2, 0.25) is 0 Å². The molecule has 1 fully saturated rings. The molecular weight excluding hydrogens is 492 g/mol. The summed E-state index contributed by atoms with van der Waals surface area (Å²) in [6.07, 6.45) is 1.31. The van der Waals surface area contributed by atoms with E-state index in [0.717, 1.165) is 15.8 Å². The number of aromatic nitrogens is 1. The maximum absolute atomic E-state index is 13.4. The number of nitrogens with one attached hydrogen (secondary N) is 2. The van der Waals surface area contributed by atoms with Gasteiger partial charge in [-0.25, -0.2) is 4.98 Å². The van der Waals surface area contributed by atoms with E-state index in [0.29, 0.717) is 42.4 Å². The first kappa shape index (κ1) is 26.4. The normalized spacial score (nSPS) is 16.9. The van der Waals surface area contributed by atoms with Gasteiger partial charge >= 0.3 is 0 Å². The lowest BCUT2D eigenvalue weighted by Gasteiger charge is -2.25. The van der Waals surface area contributed by atoms with E-state index in [1.807, 2.05) is 36.4 Å². The Morgan fingerprint density at radius 1 is 1.30 bits per heavy atom. The highest BCUT2D eigenvalue weighted by molar-refractivity contribution is 7.18. The number of benzene rings is 2. The largest absolute Gasteiger partial charge is 0.497 e. The van der Waals surface area contributed by atoms with Gasteiger partial charge in [-0.2, -0.15) is 0 Å². The number of rotatable bonds is 12. The maximum Gasteiger partial charge on any atom is 0.239 e. The first-order valence-electron chi connectivity index (χ1n) is 12.1. The van der Waals surface area contributed by atoms with Crippen molar-refractivity contribution in [2.75, 3.05) is 27.3 Å². The van der Waals surface area contributed by atoms with Crippen LogP contribution in [0.15, 0.2) is 55.2 Å². The zero-order valence-electron chi connectivity index (χ0n) is 21.0. The molecule has 196 valence electrons. The van der Waals surface area contributed by atoms with E-state index in [1.54, 1.807) is 25.2 Å². The number of hydrogen-bond donors (Lipinski definition) is 3. The molecule has 2 amide bonds. The molecule has 1 aliphatic rings. The fourth-order valence-electron chi connectivity index (χ4n) is 4.55. The number of fused-ring (bicyclic) bond motifs is 1. The minimum Gasteiger partial charge on any atom is -0.497 e. The molecule has 3 aromatic rings. The number of nitrogens with zero attached hydrogens (tertiary/aromatic N) is 2. The van der Waals surface area contributed by atoms with E-state index >= 15 is 0 Å². The first-order chi connectivity index (χ1) is 17.9. The zero-order valence-corrected chi connectivity index (χ0v) is 21.8. The Bertz CT molecular complexity index is 1230. The Balaban J connectivity index is 1.49. The Hall–Kier alpha value is -3.63. The summed E-state index contributed by atoms with van der Waals surface area (Å²) in [6.45, 7) is 4.57. The van der Waals surface area contributed by atoms with Crippen LogP contribution in [0, 0.1) is 5.92 Å². The number of hydrogen-bond acceptors (Lipinski definition) is 8. The molecule has 10 heteroatoms. The topological polar surface area (TPSA) is 113 Å². The van der Waals surface area contributed by atoms with Crippen LogP contribution in [0.25, 0.3) is 10.2 Å². The third-order valence-electron chi connectivity index (χ3n) is 6.50. The van der Waals surface area contributed by atoms with Gasteiger partial charge in [0.25, 0.3) is 0 Å². The second-order valence-corrected chi connectivity index (χ2v) is 9.94. The van der Waals surface area contributed by atoms with Crippen LogP contribution in [0.5, 0.6) is 11.5 Å². The third kappa shape index (κ3) is 6.20. The Morgan fingerprint density at radius 3 is 2.84 bits per heavy atom. The summed E-state index contributed by atoms with van der Waals surface area (Å²) in [7, 11) is 3.18. The quantitative estimate of drug-likeness (QED) is 0.334. The second-order valence-electron chi connectivity index (χ2n) is 8.88. The van der Waals surface area contributed by atoms with Crippen molar-refractivity contribution in [2.45, 2.75) is 31.5 Å². The van der Waals surface area contributed by atoms with Crippen molar-refractivity contribution >= 4 is 33.4 Å². The van der Waals surface area contributed by atoms with Gasteiger partial charge in [-0.15, -0.1) is 11.3 Å². The van der Waals surface area contributed by atoms with Crippen molar-refractivity contribution < 1.29 is 24.2 Å². The molecule has 0 aliphatic carbocycles. The molecule has 37 heavy (non-hydrogen) atoms. The summed E-state index contributed by atoms with van der Waals surface area (Å²) in [5.74, 6) is 0.681. The van der Waals surface area contributed by atoms with Gasteiger partial charge in [-0.1, -0.05) is 18.7 Å². The molecule has 0 spiro atoms. The van der Waals surface area contributed by atoms with Crippen molar-refractivity contribution in [1.82, 2.24) is 20.5 Å². The van der Waals surface area contributed by atoms with E-state index < -0.39 is 12.1 Å². The molecule has 9 nitrogen and oxygen atoms in total. The van der Waals surface area contributed by atoms with E-state index in [2.05, 4.69) is 22.2 Å². The van der Waals surface area contributed by atoms with E-state index in [-0.39, 0.29) is 24.3 Å². The van der Waals surface area contributed by atoms with Crippen LogP contribution in [0.4, 0.5) is 0 Å². The van der Waals surface area contributed by atoms with Crippen molar-refractivity contribution in [3.8, 4) is 11.5 Å². The summed E-state index contributed by atoms with van der Waals surface area (Å²) in [6, 6.07) is 12.5. The number of thiazole rings is 1.